The Morgan fingerprint density at radius 3 is 2.94 bits per heavy atom. The minimum absolute atomic E-state index is 0.155. The Morgan fingerprint density at radius 1 is 1.47 bits per heavy atom. The number of nitrogens with zero attached hydrogens (tertiary/aromatic N) is 3. The van der Waals surface area contributed by atoms with Crippen molar-refractivity contribution in [2.24, 2.45) is 0 Å². The van der Waals surface area contributed by atoms with Crippen molar-refractivity contribution in [3.05, 3.63) is 28.7 Å². The highest BCUT2D eigenvalue weighted by molar-refractivity contribution is 9.10. The van der Waals surface area contributed by atoms with Gasteiger partial charge in [0, 0.05) is 10.0 Å². The Kier molecular flexibility index (Phi) is 3.82. The molecule has 4 nitrogen and oxygen atoms in total. The number of benzene rings is 1. The van der Waals surface area contributed by atoms with Crippen LogP contribution in [0.5, 0.6) is 0 Å². The maximum absolute atomic E-state index is 8.72. The Balaban J connectivity index is 2.25. The summed E-state index contributed by atoms with van der Waals surface area (Å²) in [5.41, 5.74) is 0.955. The summed E-state index contributed by atoms with van der Waals surface area (Å²) in [7, 11) is 0. The predicted molar refractivity (Wildman–Crippen MR) is 70.5 cm³/mol. The van der Waals surface area contributed by atoms with E-state index in [0.717, 1.165) is 10.0 Å². The third-order valence-corrected chi connectivity index (χ3v) is 3.60. The van der Waals surface area contributed by atoms with E-state index < -0.39 is 0 Å². The first kappa shape index (κ1) is 12.1. The molecule has 0 aliphatic carbocycles. The fraction of sp³-hybridized carbons (Fsp3) is 0.182. The molecule has 2 aromatic rings. The van der Waals surface area contributed by atoms with Gasteiger partial charge < -0.3 is 0 Å². The Labute approximate surface area is 112 Å². The second kappa shape index (κ2) is 5.34. The van der Waals surface area contributed by atoms with Crippen LogP contribution in [-0.2, 0) is 0 Å². The highest BCUT2D eigenvalue weighted by atomic mass is 79.9. The number of halogens is 1. The second-order valence-corrected chi connectivity index (χ2v) is 5.50. The van der Waals surface area contributed by atoms with Gasteiger partial charge in [0.25, 0.3) is 0 Å². The van der Waals surface area contributed by atoms with Gasteiger partial charge in [-0.25, -0.2) is 4.98 Å². The van der Waals surface area contributed by atoms with Gasteiger partial charge in [0.2, 0.25) is 5.16 Å². The van der Waals surface area contributed by atoms with Gasteiger partial charge in [-0.15, -0.1) is 5.10 Å². The molecule has 0 aliphatic heterocycles. The highest BCUT2D eigenvalue weighted by Crippen LogP contribution is 2.27. The summed E-state index contributed by atoms with van der Waals surface area (Å²) in [4.78, 5) is 4.34. The lowest BCUT2D eigenvalue weighted by atomic mass is 10.2. The molecule has 0 spiro atoms. The van der Waals surface area contributed by atoms with Crippen LogP contribution < -0.4 is 0 Å². The van der Waals surface area contributed by atoms with Crippen molar-refractivity contribution in [2.45, 2.75) is 17.3 Å². The summed E-state index contributed by atoms with van der Waals surface area (Å²) in [6, 6.07) is 9.91. The summed E-state index contributed by atoms with van der Waals surface area (Å²) < 4.78 is 0.959. The van der Waals surface area contributed by atoms with E-state index in [1.165, 1.54) is 11.8 Å². The van der Waals surface area contributed by atoms with Crippen molar-refractivity contribution < 1.29 is 0 Å². The van der Waals surface area contributed by atoms with Crippen LogP contribution in [0.4, 0.5) is 0 Å². The van der Waals surface area contributed by atoms with Gasteiger partial charge in [0.05, 0.1) is 11.3 Å². The van der Waals surface area contributed by atoms with E-state index in [1.54, 1.807) is 0 Å². The van der Waals surface area contributed by atoms with Crippen molar-refractivity contribution in [1.29, 1.82) is 5.26 Å². The molecule has 0 unspecified atom stereocenters. The third kappa shape index (κ3) is 2.87. The monoisotopic (exact) mass is 308 g/mol. The number of rotatable bonds is 3. The summed E-state index contributed by atoms with van der Waals surface area (Å²) in [5.74, 6) is 0.699. The molecule has 1 heterocycles. The molecule has 17 heavy (non-hydrogen) atoms. The quantitative estimate of drug-likeness (QED) is 0.884. The summed E-state index contributed by atoms with van der Waals surface area (Å²) in [5, 5.41) is 16.1. The van der Waals surface area contributed by atoms with E-state index in [9.17, 15) is 0 Å². The summed E-state index contributed by atoms with van der Waals surface area (Å²) in [6.07, 6.45) is 0. The van der Waals surface area contributed by atoms with Crippen molar-refractivity contribution in [1.82, 2.24) is 15.2 Å². The van der Waals surface area contributed by atoms with E-state index in [2.05, 4.69) is 37.2 Å². The molecule has 1 aromatic heterocycles. The number of nitrogens with one attached hydrogen (secondary N) is 1. The zero-order valence-electron chi connectivity index (χ0n) is 9.01. The number of thioether (sulfide) groups is 1. The normalized spacial score (nSPS) is 12.1. The van der Waals surface area contributed by atoms with Crippen molar-refractivity contribution in [3.8, 4) is 17.5 Å². The molecule has 0 amide bonds. The molecule has 1 atom stereocenters. The lowest BCUT2D eigenvalue weighted by molar-refractivity contribution is 0.969. The fourth-order valence-electron chi connectivity index (χ4n) is 1.26. The largest absolute Gasteiger partial charge is 0.258 e. The van der Waals surface area contributed by atoms with E-state index in [4.69, 9.17) is 5.26 Å². The lowest BCUT2D eigenvalue weighted by Gasteiger charge is -1.98. The molecule has 0 bridgehead atoms. The van der Waals surface area contributed by atoms with Crippen molar-refractivity contribution in [2.75, 3.05) is 0 Å². The Morgan fingerprint density at radius 2 is 2.24 bits per heavy atom. The van der Waals surface area contributed by atoms with Crippen LogP contribution in [-0.4, -0.2) is 20.4 Å². The summed E-state index contributed by atoms with van der Waals surface area (Å²) >= 11 is 4.79. The smallest absolute Gasteiger partial charge is 0.210 e. The number of aromatic nitrogens is 3. The first-order valence-corrected chi connectivity index (χ1v) is 6.61. The number of nitriles is 1. The molecule has 0 saturated heterocycles. The van der Waals surface area contributed by atoms with Crippen molar-refractivity contribution in [3.63, 3.8) is 0 Å². The Hall–Kier alpha value is -1.32. The van der Waals surface area contributed by atoms with Gasteiger partial charge in [-0.05, 0) is 13.0 Å². The molecular weight excluding hydrogens is 300 g/mol. The molecular formula is C11H9BrN4S. The molecule has 6 heteroatoms. The first-order chi connectivity index (χ1) is 8.20. The lowest BCUT2D eigenvalue weighted by Crippen LogP contribution is -1.90. The SMILES string of the molecule is C[C@H](C#N)Sc1n[nH]c(-c2ccccc2Br)n1. The second-order valence-electron chi connectivity index (χ2n) is 3.34. The van der Waals surface area contributed by atoms with Crippen LogP contribution in [0.3, 0.4) is 0 Å². The number of H-pyrrole nitrogens is 1. The third-order valence-electron chi connectivity index (χ3n) is 2.06. The number of hydrogen-bond acceptors (Lipinski definition) is 4. The van der Waals surface area contributed by atoms with Crippen LogP contribution in [0, 0.1) is 11.3 Å². The molecule has 86 valence electrons. The van der Waals surface area contributed by atoms with E-state index in [1.807, 2.05) is 31.2 Å². The maximum Gasteiger partial charge on any atom is 0.210 e. The number of hydrogen-bond donors (Lipinski definition) is 1. The molecule has 0 aliphatic rings. The average Bonchev–Trinajstić information content (AvgIpc) is 2.78. The van der Waals surface area contributed by atoms with Crippen LogP contribution in [0.2, 0.25) is 0 Å². The maximum atomic E-state index is 8.72. The minimum atomic E-state index is -0.155. The van der Waals surface area contributed by atoms with E-state index in [0.29, 0.717) is 11.0 Å². The van der Waals surface area contributed by atoms with Gasteiger partial charge in [0.15, 0.2) is 5.82 Å². The van der Waals surface area contributed by atoms with Gasteiger partial charge in [0.1, 0.15) is 0 Å². The van der Waals surface area contributed by atoms with Gasteiger partial charge >= 0.3 is 0 Å². The van der Waals surface area contributed by atoms with Crippen LogP contribution in [0.15, 0.2) is 33.9 Å². The first-order valence-electron chi connectivity index (χ1n) is 4.94. The molecule has 0 radical (unpaired) electrons. The zero-order chi connectivity index (χ0) is 12.3. The van der Waals surface area contributed by atoms with Crippen LogP contribution in [0.25, 0.3) is 11.4 Å². The Bertz CT molecular complexity index is 561. The molecule has 1 N–H and O–H groups in total. The highest BCUT2D eigenvalue weighted by Gasteiger charge is 2.11. The zero-order valence-corrected chi connectivity index (χ0v) is 11.4. The van der Waals surface area contributed by atoms with E-state index >= 15 is 0 Å². The average molecular weight is 309 g/mol. The van der Waals surface area contributed by atoms with Gasteiger partial charge in [-0.3, -0.25) is 5.10 Å². The standard InChI is InChI=1S/C11H9BrN4S/c1-7(6-13)17-11-14-10(15-16-11)8-4-2-3-5-9(8)12/h2-5,7H,1H3,(H,14,15,16)/t7-/m1/s1. The number of aromatic amines is 1. The molecule has 0 fully saturated rings. The van der Waals surface area contributed by atoms with Crippen molar-refractivity contribution >= 4 is 27.7 Å². The van der Waals surface area contributed by atoms with Crippen LogP contribution in [0.1, 0.15) is 6.92 Å². The topological polar surface area (TPSA) is 65.4 Å². The summed E-state index contributed by atoms with van der Waals surface area (Å²) in [6.45, 7) is 1.82. The minimum Gasteiger partial charge on any atom is -0.258 e. The predicted octanol–water partition coefficient (Wildman–Crippen LogP) is 3.24. The molecule has 2 rings (SSSR count). The van der Waals surface area contributed by atoms with Gasteiger partial charge in [-0.1, -0.05) is 45.9 Å². The fourth-order valence-corrected chi connectivity index (χ4v) is 2.34. The van der Waals surface area contributed by atoms with E-state index in [-0.39, 0.29) is 5.25 Å². The van der Waals surface area contributed by atoms with Crippen LogP contribution >= 0.6 is 27.7 Å². The molecule has 1 aromatic carbocycles. The molecule has 0 saturated carbocycles. The van der Waals surface area contributed by atoms with Gasteiger partial charge in [-0.2, -0.15) is 5.26 Å².